The second kappa shape index (κ2) is 7.49. The molecule has 1 saturated heterocycles. The smallest absolute Gasteiger partial charge is 0.308 e. The molecule has 0 radical (unpaired) electrons. The average Bonchev–Trinajstić information content (AvgIpc) is 2.57. The van der Waals surface area contributed by atoms with E-state index < -0.39 is 6.10 Å². The van der Waals surface area contributed by atoms with E-state index in [9.17, 15) is 9.59 Å². The Kier molecular flexibility index (Phi) is 5.64. The van der Waals surface area contributed by atoms with Crippen LogP contribution in [0, 0.1) is 19.8 Å². The number of ether oxygens (including phenoxy) is 2. The Labute approximate surface area is 137 Å². The number of piperidine rings is 1. The first-order chi connectivity index (χ1) is 10.9. The number of benzene rings is 1. The molecule has 1 aliphatic heterocycles. The molecule has 0 aromatic heterocycles. The van der Waals surface area contributed by atoms with E-state index in [0.29, 0.717) is 25.9 Å². The first-order valence-electron chi connectivity index (χ1n) is 8.03. The number of esters is 1. The van der Waals surface area contributed by atoms with Gasteiger partial charge in [0, 0.05) is 13.1 Å². The summed E-state index contributed by atoms with van der Waals surface area (Å²) in [6.45, 7) is 6.92. The quantitative estimate of drug-likeness (QED) is 0.800. The zero-order valence-electron chi connectivity index (χ0n) is 14.3. The van der Waals surface area contributed by atoms with E-state index in [1.54, 1.807) is 11.8 Å². The molecule has 5 nitrogen and oxygen atoms in total. The van der Waals surface area contributed by atoms with Gasteiger partial charge in [-0.2, -0.15) is 0 Å². The Morgan fingerprint density at radius 1 is 1.22 bits per heavy atom. The molecule has 0 N–H and O–H groups in total. The highest BCUT2D eigenvalue weighted by molar-refractivity contribution is 5.81. The van der Waals surface area contributed by atoms with Crippen LogP contribution in [0.3, 0.4) is 0 Å². The van der Waals surface area contributed by atoms with E-state index in [2.05, 4.69) is 0 Å². The van der Waals surface area contributed by atoms with Crippen LogP contribution in [0.25, 0.3) is 0 Å². The Bertz CT molecular complexity index is 576. The number of likely N-dealkylation sites (tertiary alicyclic amines) is 1. The third-order valence-electron chi connectivity index (χ3n) is 4.55. The summed E-state index contributed by atoms with van der Waals surface area (Å²) in [5.74, 6) is 0.431. The first-order valence-corrected chi connectivity index (χ1v) is 8.03. The molecule has 1 aromatic carbocycles. The molecule has 0 spiro atoms. The summed E-state index contributed by atoms with van der Waals surface area (Å²) in [7, 11) is 1.40. The third-order valence-corrected chi connectivity index (χ3v) is 4.55. The minimum atomic E-state index is -0.537. The second-order valence-corrected chi connectivity index (χ2v) is 6.08. The van der Waals surface area contributed by atoms with Crippen LogP contribution < -0.4 is 4.74 Å². The maximum Gasteiger partial charge on any atom is 0.308 e. The predicted octanol–water partition coefficient (Wildman–Crippen LogP) is 2.48. The Morgan fingerprint density at radius 2 is 1.87 bits per heavy atom. The lowest BCUT2D eigenvalue weighted by molar-refractivity contribution is -0.150. The van der Waals surface area contributed by atoms with Crippen molar-refractivity contribution in [3.8, 4) is 5.75 Å². The van der Waals surface area contributed by atoms with Crippen molar-refractivity contribution in [3.63, 3.8) is 0 Å². The standard InChI is InChI=1S/C18H25NO4/c1-12-6-5-7-16(13(12)2)23-14(3)17(20)19-10-8-15(9-11-19)18(21)22-4/h5-7,14-15H,8-11H2,1-4H3/t14-/m0/s1. The van der Waals surface area contributed by atoms with E-state index in [-0.39, 0.29) is 17.8 Å². The van der Waals surface area contributed by atoms with Crippen LogP contribution in [0.2, 0.25) is 0 Å². The largest absolute Gasteiger partial charge is 0.481 e. The van der Waals surface area contributed by atoms with E-state index in [0.717, 1.165) is 16.9 Å². The van der Waals surface area contributed by atoms with Gasteiger partial charge < -0.3 is 14.4 Å². The Hall–Kier alpha value is -2.04. The van der Waals surface area contributed by atoms with Crippen molar-refractivity contribution in [2.24, 2.45) is 5.92 Å². The van der Waals surface area contributed by atoms with Crippen molar-refractivity contribution in [1.29, 1.82) is 0 Å². The number of rotatable bonds is 4. The number of aryl methyl sites for hydroxylation is 1. The van der Waals surface area contributed by atoms with Crippen LogP contribution in [0.4, 0.5) is 0 Å². The summed E-state index contributed by atoms with van der Waals surface area (Å²) in [6.07, 6.45) is 0.758. The van der Waals surface area contributed by atoms with Crippen LogP contribution >= 0.6 is 0 Å². The second-order valence-electron chi connectivity index (χ2n) is 6.08. The van der Waals surface area contributed by atoms with Gasteiger partial charge >= 0.3 is 5.97 Å². The summed E-state index contributed by atoms with van der Waals surface area (Å²) in [5.41, 5.74) is 2.19. The molecule has 0 aliphatic carbocycles. The first kappa shape index (κ1) is 17.3. The fraction of sp³-hybridized carbons (Fsp3) is 0.556. The van der Waals surface area contributed by atoms with Crippen LogP contribution in [-0.2, 0) is 14.3 Å². The van der Waals surface area contributed by atoms with E-state index in [4.69, 9.17) is 9.47 Å². The van der Waals surface area contributed by atoms with Crippen molar-refractivity contribution >= 4 is 11.9 Å². The Balaban J connectivity index is 1.93. The lowest BCUT2D eigenvalue weighted by Gasteiger charge is -2.32. The highest BCUT2D eigenvalue weighted by Crippen LogP contribution is 2.23. The zero-order valence-corrected chi connectivity index (χ0v) is 14.3. The molecular formula is C18H25NO4. The minimum absolute atomic E-state index is 0.0331. The Morgan fingerprint density at radius 3 is 2.48 bits per heavy atom. The van der Waals surface area contributed by atoms with Crippen LogP contribution in [0.1, 0.15) is 30.9 Å². The van der Waals surface area contributed by atoms with Crippen LogP contribution in [0.5, 0.6) is 5.75 Å². The minimum Gasteiger partial charge on any atom is -0.481 e. The van der Waals surface area contributed by atoms with E-state index in [1.165, 1.54) is 7.11 Å². The van der Waals surface area contributed by atoms with Crippen molar-refractivity contribution in [2.45, 2.75) is 39.7 Å². The molecule has 0 bridgehead atoms. The van der Waals surface area contributed by atoms with Crippen molar-refractivity contribution in [1.82, 2.24) is 4.90 Å². The lowest BCUT2D eigenvalue weighted by atomic mass is 9.97. The SMILES string of the molecule is COC(=O)C1CCN(C(=O)[C@H](C)Oc2cccc(C)c2C)CC1. The van der Waals surface area contributed by atoms with Crippen LogP contribution in [-0.4, -0.2) is 43.1 Å². The van der Waals surface area contributed by atoms with Gasteiger partial charge in [0.05, 0.1) is 13.0 Å². The fourth-order valence-electron chi connectivity index (χ4n) is 2.85. The van der Waals surface area contributed by atoms with Gasteiger partial charge in [0.25, 0.3) is 5.91 Å². The third kappa shape index (κ3) is 4.03. The van der Waals surface area contributed by atoms with Gasteiger partial charge in [0.15, 0.2) is 6.10 Å². The summed E-state index contributed by atoms with van der Waals surface area (Å²) in [4.78, 5) is 25.8. The lowest BCUT2D eigenvalue weighted by Crippen LogP contribution is -2.45. The summed E-state index contributed by atoms with van der Waals surface area (Å²) in [6, 6.07) is 5.83. The van der Waals surface area contributed by atoms with Gasteiger partial charge in [0.2, 0.25) is 0 Å². The average molecular weight is 319 g/mol. The maximum atomic E-state index is 12.5. The van der Waals surface area contributed by atoms with Gasteiger partial charge in [0.1, 0.15) is 5.75 Å². The molecule has 1 heterocycles. The molecule has 23 heavy (non-hydrogen) atoms. The molecule has 2 rings (SSSR count). The number of hydrogen-bond donors (Lipinski definition) is 0. The van der Waals surface area contributed by atoms with Gasteiger partial charge in [-0.05, 0) is 50.8 Å². The molecular weight excluding hydrogens is 294 g/mol. The van der Waals surface area contributed by atoms with Crippen molar-refractivity contribution < 1.29 is 19.1 Å². The molecule has 5 heteroatoms. The van der Waals surface area contributed by atoms with Crippen LogP contribution in [0.15, 0.2) is 18.2 Å². The normalized spacial score (nSPS) is 16.8. The topological polar surface area (TPSA) is 55.8 Å². The summed E-state index contributed by atoms with van der Waals surface area (Å²) >= 11 is 0. The van der Waals surface area contributed by atoms with E-state index >= 15 is 0 Å². The van der Waals surface area contributed by atoms with Gasteiger partial charge in [-0.25, -0.2) is 0 Å². The van der Waals surface area contributed by atoms with Crippen molar-refractivity contribution in [2.75, 3.05) is 20.2 Å². The molecule has 1 aromatic rings. The zero-order chi connectivity index (χ0) is 17.0. The molecule has 1 fully saturated rings. The number of methoxy groups -OCH3 is 1. The predicted molar refractivity (Wildman–Crippen MR) is 87.3 cm³/mol. The monoisotopic (exact) mass is 319 g/mol. The molecule has 1 atom stereocenters. The van der Waals surface area contributed by atoms with Crippen molar-refractivity contribution in [3.05, 3.63) is 29.3 Å². The maximum absolute atomic E-state index is 12.5. The highest BCUT2D eigenvalue weighted by atomic mass is 16.5. The molecule has 0 saturated carbocycles. The molecule has 0 unspecified atom stereocenters. The summed E-state index contributed by atoms with van der Waals surface area (Å²) < 4.78 is 10.6. The summed E-state index contributed by atoms with van der Waals surface area (Å²) in [5, 5.41) is 0. The number of hydrogen-bond acceptors (Lipinski definition) is 4. The van der Waals surface area contributed by atoms with Gasteiger partial charge in [-0.3, -0.25) is 9.59 Å². The van der Waals surface area contributed by atoms with E-state index in [1.807, 2.05) is 32.0 Å². The number of amides is 1. The molecule has 1 amide bonds. The number of carbonyl (C=O) groups excluding carboxylic acids is 2. The molecule has 1 aliphatic rings. The molecule has 126 valence electrons. The highest BCUT2D eigenvalue weighted by Gasteiger charge is 2.30. The van der Waals surface area contributed by atoms with Gasteiger partial charge in [-0.1, -0.05) is 12.1 Å². The van der Waals surface area contributed by atoms with Gasteiger partial charge in [-0.15, -0.1) is 0 Å². The fourth-order valence-corrected chi connectivity index (χ4v) is 2.85. The number of nitrogens with zero attached hydrogens (tertiary/aromatic N) is 1. The number of carbonyl (C=O) groups is 2.